The molecule has 2 fully saturated rings. The van der Waals surface area contributed by atoms with Crippen LogP contribution in [0, 0.1) is 0 Å². The number of nitrogen functional groups attached to an aromatic ring is 1. The van der Waals surface area contributed by atoms with E-state index in [0.717, 1.165) is 37.1 Å². The van der Waals surface area contributed by atoms with Gasteiger partial charge >= 0.3 is 0 Å². The minimum Gasteiger partial charge on any atom is -0.475 e. The average molecular weight is 540 g/mol. The smallest absolute Gasteiger partial charge is 0.257 e. The molecule has 0 spiro atoms. The molecule has 5 rings (SSSR count). The van der Waals surface area contributed by atoms with Crippen molar-refractivity contribution in [2.24, 2.45) is 0 Å². The lowest BCUT2D eigenvalue weighted by atomic mass is 10.0. The molecule has 0 saturated carbocycles. The second-order valence-corrected chi connectivity index (χ2v) is 10.4. The average Bonchev–Trinajstić information content (AvgIpc) is 3.46. The molecule has 1 aromatic heterocycles. The molecule has 2 aliphatic heterocycles. The summed E-state index contributed by atoms with van der Waals surface area (Å²) in [6.07, 6.45) is 6.76. The SMILES string of the molecule is Nc1ncc(-c2cccc(C(=O)N3CCC(N4CCCC4)CC3)c2)nc1OCCc1c(Cl)cccc1Cl. The van der Waals surface area contributed by atoms with Crippen LogP contribution in [-0.4, -0.2) is 64.5 Å². The van der Waals surface area contributed by atoms with Gasteiger partial charge in [0.1, 0.15) is 0 Å². The van der Waals surface area contributed by atoms with Crippen molar-refractivity contribution in [2.75, 3.05) is 38.5 Å². The molecule has 0 radical (unpaired) electrons. The highest BCUT2D eigenvalue weighted by Crippen LogP contribution is 2.27. The number of aromatic nitrogens is 2. The van der Waals surface area contributed by atoms with Crippen molar-refractivity contribution < 1.29 is 9.53 Å². The fourth-order valence-electron chi connectivity index (χ4n) is 5.18. The summed E-state index contributed by atoms with van der Waals surface area (Å²) in [5.41, 5.74) is 8.85. The van der Waals surface area contributed by atoms with E-state index < -0.39 is 0 Å². The van der Waals surface area contributed by atoms with Crippen molar-refractivity contribution in [1.29, 1.82) is 0 Å². The number of carbonyl (C=O) groups excluding carboxylic acids is 1. The summed E-state index contributed by atoms with van der Waals surface area (Å²) in [5, 5.41) is 1.18. The first kappa shape index (κ1) is 25.8. The standard InChI is InChI=1S/C28H31Cl2N5O2/c29-23-7-4-8-24(30)22(23)11-16-37-27-26(31)32-18-25(33-27)19-5-3-6-20(17-19)28(36)35-14-9-21(10-15-35)34-12-1-2-13-34/h3-8,17-18,21H,1-2,9-16H2,(H2,31,32). The maximum Gasteiger partial charge on any atom is 0.257 e. The summed E-state index contributed by atoms with van der Waals surface area (Å²) in [4.78, 5) is 26.7. The molecule has 1 amide bonds. The van der Waals surface area contributed by atoms with Crippen LogP contribution in [0.5, 0.6) is 5.88 Å². The zero-order valence-electron chi connectivity index (χ0n) is 20.7. The van der Waals surface area contributed by atoms with Crippen molar-refractivity contribution in [3.8, 4) is 17.1 Å². The predicted molar refractivity (Wildman–Crippen MR) is 147 cm³/mol. The monoisotopic (exact) mass is 539 g/mol. The lowest BCUT2D eigenvalue weighted by Gasteiger charge is -2.36. The van der Waals surface area contributed by atoms with Gasteiger partial charge in [-0.05, 0) is 68.6 Å². The highest BCUT2D eigenvalue weighted by Gasteiger charge is 2.28. The molecule has 2 saturated heterocycles. The van der Waals surface area contributed by atoms with Crippen LogP contribution in [0.15, 0.2) is 48.7 Å². The second kappa shape index (κ2) is 11.7. The maximum absolute atomic E-state index is 13.3. The number of anilines is 1. The highest BCUT2D eigenvalue weighted by molar-refractivity contribution is 6.36. The van der Waals surface area contributed by atoms with Gasteiger partial charge in [-0.2, -0.15) is 0 Å². The summed E-state index contributed by atoms with van der Waals surface area (Å²) in [6, 6.07) is 13.5. The van der Waals surface area contributed by atoms with Gasteiger partial charge in [-0.25, -0.2) is 9.97 Å². The number of carbonyl (C=O) groups is 1. The van der Waals surface area contributed by atoms with Crippen LogP contribution >= 0.6 is 23.2 Å². The van der Waals surface area contributed by atoms with E-state index in [0.29, 0.717) is 33.8 Å². The molecule has 2 N–H and O–H groups in total. The van der Waals surface area contributed by atoms with E-state index in [4.69, 9.17) is 33.7 Å². The Morgan fingerprint density at radius 3 is 2.46 bits per heavy atom. The second-order valence-electron chi connectivity index (χ2n) is 9.59. The number of benzene rings is 2. The predicted octanol–water partition coefficient (Wildman–Crippen LogP) is 5.35. The van der Waals surface area contributed by atoms with Crippen molar-refractivity contribution in [3.05, 3.63) is 69.8 Å². The number of piperidine rings is 1. The normalized spacial score (nSPS) is 16.8. The molecule has 0 atom stereocenters. The van der Waals surface area contributed by atoms with E-state index in [1.54, 1.807) is 24.4 Å². The first-order chi connectivity index (χ1) is 18.0. The molecule has 0 unspecified atom stereocenters. The van der Waals surface area contributed by atoms with Crippen LogP contribution in [0.3, 0.4) is 0 Å². The topological polar surface area (TPSA) is 84.6 Å². The molecule has 0 bridgehead atoms. The largest absolute Gasteiger partial charge is 0.475 e. The maximum atomic E-state index is 13.3. The van der Waals surface area contributed by atoms with Crippen LogP contribution < -0.4 is 10.5 Å². The Balaban J connectivity index is 1.24. The van der Waals surface area contributed by atoms with E-state index in [2.05, 4.69) is 14.9 Å². The lowest BCUT2D eigenvalue weighted by Crippen LogP contribution is -2.45. The van der Waals surface area contributed by atoms with E-state index >= 15 is 0 Å². The molecule has 9 heteroatoms. The number of nitrogens with two attached hydrogens (primary N) is 1. The Morgan fingerprint density at radius 2 is 1.73 bits per heavy atom. The Morgan fingerprint density at radius 1 is 1.03 bits per heavy atom. The Bertz CT molecular complexity index is 1240. The van der Waals surface area contributed by atoms with Gasteiger partial charge in [0.15, 0.2) is 5.82 Å². The van der Waals surface area contributed by atoms with E-state index in [1.165, 1.54) is 25.9 Å². The molecule has 7 nitrogen and oxygen atoms in total. The van der Waals surface area contributed by atoms with Crippen molar-refractivity contribution >= 4 is 34.9 Å². The third-order valence-corrected chi connectivity index (χ3v) is 7.94. The molecular formula is C28H31Cl2N5O2. The van der Waals surface area contributed by atoms with Gasteiger partial charge in [0.2, 0.25) is 0 Å². The summed E-state index contributed by atoms with van der Waals surface area (Å²) in [6.45, 7) is 4.27. The fourth-order valence-corrected chi connectivity index (χ4v) is 5.77. The zero-order valence-corrected chi connectivity index (χ0v) is 22.2. The fraction of sp³-hybridized carbons (Fsp3) is 0.393. The summed E-state index contributed by atoms with van der Waals surface area (Å²) in [7, 11) is 0. The van der Waals surface area contributed by atoms with Gasteiger partial charge in [-0.15, -0.1) is 0 Å². The van der Waals surface area contributed by atoms with E-state index in [9.17, 15) is 4.79 Å². The number of rotatable bonds is 7. The first-order valence-corrected chi connectivity index (χ1v) is 13.6. The number of halogens is 2. The number of hydrogen-bond acceptors (Lipinski definition) is 6. The van der Waals surface area contributed by atoms with Crippen molar-refractivity contribution in [1.82, 2.24) is 19.8 Å². The van der Waals surface area contributed by atoms with E-state index in [1.807, 2.05) is 29.2 Å². The molecule has 3 heterocycles. The zero-order chi connectivity index (χ0) is 25.8. The van der Waals surface area contributed by atoms with E-state index in [-0.39, 0.29) is 24.2 Å². The number of ether oxygens (including phenoxy) is 1. The highest BCUT2D eigenvalue weighted by atomic mass is 35.5. The molecule has 0 aliphatic carbocycles. The van der Waals surface area contributed by atoms with Crippen LogP contribution in [0.1, 0.15) is 41.6 Å². The molecular weight excluding hydrogens is 509 g/mol. The third kappa shape index (κ3) is 6.00. The Kier molecular flexibility index (Phi) is 8.13. The number of amides is 1. The summed E-state index contributed by atoms with van der Waals surface area (Å²) >= 11 is 12.5. The molecule has 3 aromatic rings. The van der Waals surface area contributed by atoms with Crippen molar-refractivity contribution in [2.45, 2.75) is 38.1 Å². The number of nitrogens with zero attached hydrogens (tertiary/aromatic N) is 4. The molecule has 2 aliphatic rings. The third-order valence-electron chi connectivity index (χ3n) is 7.23. The van der Waals surface area contributed by atoms with Crippen LogP contribution in [0.2, 0.25) is 10.0 Å². The number of hydrogen-bond donors (Lipinski definition) is 1. The van der Waals surface area contributed by atoms with Gasteiger partial charge < -0.3 is 20.3 Å². The lowest BCUT2D eigenvalue weighted by molar-refractivity contribution is 0.0644. The minimum atomic E-state index is 0.0539. The van der Waals surface area contributed by atoms with Gasteiger partial charge in [0, 0.05) is 46.7 Å². The van der Waals surface area contributed by atoms with Gasteiger partial charge in [-0.1, -0.05) is 41.4 Å². The molecule has 2 aromatic carbocycles. The van der Waals surface area contributed by atoms with Crippen LogP contribution in [0.25, 0.3) is 11.3 Å². The van der Waals surface area contributed by atoms with Crippen molar-refractivity contribution in [3.63, 3.8) is 0 Å². The van der Waals surface area contributed by atoms with Crippen LogP contribution in [-0.2, 0) is 6.42 Å². The minimum absolute atomic E-state index is 0.0539. The summed E-state index contributed by atoms with van der Waals surface area (Å²) < 4.78 is 5.84. The number of likely N-dealkylation sites (tertiary alicyclic amines) is 2. The molecule has 194 valence electrons. The Hall–Kier alpha value is -2.87. The van der Waals surface area contributed by atoms with Gasteiger partial charge in [0.25, 0.3) is 11.8 Å². The van der Waals surface area contributed by atoms with Gasteiger partial charge in [-0.3, -0.25) is 4.79 Å². The van der Waals surface area contributed by atoms with Crippen LogP contribution in [0.4, 0.5) is 5.82 Å². The Labute approximate surface area is 227 Å². The first-order valence-electron chi connectivity index (χ1n) is 12.8. The van der Waals surface area contributed by atoms with Gasteiger partial charge in [0.05, 0.1) is 18.5 Å². The summed E-state index contributed by atoms with van der Waals surface area (Å²) in [5.74, 6) is 0.488. The quantitative estimate of drug-likeness (QED) is 0.435. The molecule has 37 heavy (non-hydrogen) atoms.